The van der Waals surface area contributed by atoms with E-state index >= 15 is 0 Å². The summed E-state index contributed by atoms with van der Waals surface area (Å²) in [7, 11) is 0. The van der Waals surface area contributed by atoms with Crippen LogP contribution in [0.2, 0.25) is 0 Å². The highest BCUT2D eigenvalue weighted by atomic mass is 19.4. The smallest absolute Gasteiger partial charge is 0.389 e. The number of carbonyl (C=O) groups is 2. The van der Waals surface area contributed by atoms with Crippen LogP contribution in [0.5, 0.6) is 0 Å². The van der Waals surface area contributed by atoms with Gasteiger partial charge in [-0.05, 0) is 19.3 Å². The molecule has 1 fully saturated rings. The second-order valence-corrected chi connectivity index (χ2v) is 4.13. The Labute approximate surface area is 90.6 Å². The van der Waals surface area contributed by atoms with Crippen molar-refractivity contribution in [2.75, 3.05) is 0 Å². The van der Waals surface area contributed by atoms with E-state index in [1.165, 1.54) is 0 Å². The normalized spacial score (nSPS) is 26.8. The van der Waals surface area contributed by atoms with E-state index in [4.69, 9.17) is 5.11 Å². The van der Waals surface area contributed by atoms with E-state index in [9.17, 15) is 22.8 Å². The number of rotatable bonds is 3. The van der Waals surface area contributed by atoms with E-state index in [1.807, 2.05) is 0 Å². The molecule has 0 aromatic rings. The first kappa shape index (κ1) is 13.0. The minimum Gasteiger partial charge on any atom is -0.480 e. The first-order valence-corrected chi connectivity index (χ1v) is 5.11. The third-order valence-corrected chi connectivity index (χ3v) is 3.04. The van der Waals surface area contributed by atoms with Gasteiger partial charge in [0.15, 0.2) is 0 Å². The van der Waals surface area contributed by atoms with Crippen molar-refractivity contribution in [3.8, 4) is 0 Å². The van der Waals surface area contributed by atoms with Gasteiger partial charge in [-0.1, -0.05) is 6.42 Å². The summed E-state index contributed by atoms with van der Waals surface area (Å²) in [6, 6.07) is 0. The molecular weight excluding hydrogens is 225 g/mol. The maximum Gasteiger partial charge on any atom is 0.389 e. The van der Waals surface area contributed by atoms with Gasteiger partial charge in [0.05, 0.1) is 0 Å². The molecule has 0 aromatic carbocycles. The van der Waals surface area contributed by atoms with E-state index in [1.54, 1.807) is 0 Å². The van der Waals surface area contributed by atoms with Crippen LogP contribution in [0.15, 0.2) is 0 Å². The zero-order valence-corrected chi connectivity index (χ0v) is 8.64. The molecule has 6 heteroatoms. The Balaban J connectivity index is 2.80. The lowest BCUT2D eigenvalue weighted by Crippen LogP contribution is -2.42. The van der Waals surface area contributed by atoms with Crippen LogP contribution in [0.1, 0.15) is 38.5 Å². The Hall–Kier alpha value is -1.07. The van der Waals surface area contributed by atoms with Crippen LogP contribution in [0, 0.1) is 5.41 Å². The first-order chi connectivity index (χ1) is 7.28. The van der Waals surface area contributed by atoms with Crippen LogP contribution in [-0.4, -0.2) is 23.0 Å². The lowest BCUT2D eigenvalue weighted by Gasteiger charge is -2.31. The number of hydrogen-bond donors (Lipinski definition) is 1. The topological polar surface area (TPSA) is 54.4 Å². The quantitative estimate of drug-likeness (QED) is 0.769. The number of halogens is 3. The van der Waals surface area contributed by atoms with Gasteiger partial charge in [0.25, 0.3) is 0 Å². The van der Waals surface area contributed by atoms with Crippen LogP contribution >= 0.6 is 0 Å². The first-order valence-electron chi connectivity index (χ1n) is 5.11. The van der Waals surface area contributed by atoms with E-state index < -0.39 is 36.2 Å². The highest BCUT2D eigenvalue weighted by Gasteiger charge is 2.48. The number of carboxylic acids is 1. The van der Waals surface area contributed by atoms with E-state index in [0.29, 0.717) is 12.8 Å². The molecule has 1 saturated carbocycles. The number of carboxylic acid groups (broad SMARTS) is 1. The zero-order chi connectivity index (χ0) is 12.4. The van der Waals surface area contributed by atoms with Gasteiger partial charge in [-0.3, -0.25) is 9.59 Å². The minimum atomic E-state index is -4.42. The summed E-state index contributed by atoms with van der Waals surface area (Å²) >= 11 is 0. The molecule has 92 valence electrons. The van der Waals surface area contributed by atoms with Crippen molar-refractivity contribution in [3.63, 3.8) is 0 Å². The van der Waals surface area contributed by atoms with Crippen LogP contribution in [0.4, 0.5) is 13.2 Å². The van der Waals surface area contributed by atoms with Crippen molar-refractivity contribution in [1.29, 1.82) is 0 Å². The Morgan fingerprint density at radius 1 is 1.38 bits per heavy atom. The molecule has 1 aliphatic rings. The maximum atomic E-state index is 12.1. The van der Waals surface area contributed by atoms with Crippen molar-refractivity contribution >= 4 is 11.8 Å². The monoisotopic (exact) mass is 238 g/mol. The average molecular weight is 238 g/mol. The van der Waals surface area contributed by atoms with Gasteiger partial charge in [0.1, 0.15) is 11.2 Å². The number of carbonyl (C=O) groups excluding carboxylic acids is 1. The Kier molecular flexibility index (Phi) is 3.60. The molecule has 1 rings (SSSR count). The van der Waals surface area contributed by atoms with Crippen molar-refractivity contribution < 1.29 is 27.9 Å². The van der Waals surface area contributed by atoms with E-state index in [0.717, 1.165) is 0 Å². The van der Waals surface area contributed by atoms with Crippen molar-refractivity contribution in [1.82, 2.24) is 0 Å². The van der Waals surface area contributed by atoms with Crippen molar-refractivity contribution in [2.45, 2.75) is 44.7 Å². The highest BCUT2D eigenvalue weighted by molar-refractivity contribution is 6.03. The molecule has 3 nitrogen and oxygen atoms in total. The summed E-state index contributed by atoms with van der Waals surface area (Å²) in [6.45, 7) is 0. The number of ketones is 1. The summed E-state index contributed by atoms with van der Waals surface area (Å²) in [5, 5.41) is 8.97. The molecule has 16 heavy (non-hydrogen) atoms. The molecule has 0 amide bonds. The zero-order valence-electron chi connectivity index (χ0n) is 8.64. The second-order valence-electron chi connectivity index (χ2n) is 4.13. The number of Topliss-reactive ketones (excluding diaryl/α,β-unsaturated/α-hetero) is 1. The Morgan fingerprint density at radius 3 is 2.44 bits per heavy atom. The molecule has 0 saturated heterocycles. The maximum absolute atomic E-state index is 12.1. The summed E-state index contributed by atoms with van der Waals surface area (Å²) in [4.78, 5) is 22.5. The van der Waals surface area contributed by atoms with Gasteiger partial charge in [-0.2, -0.15) is 13.2 Å². The molecule has 0 spiro atoms. The third-order valence-electron chi connectivity index (χ3n) is 3.04. The van der Waals surface area contributed by atoms with E-state index in [-0.39, 0.29) is 12.8 Å². The molecule has 0 heterocycles. The third kappa shape index (κ3) is 2.74. The molecule has 1 aliphatic carbocycles. The highest BCUT2D eigenvalue weighted by Crippen LogP contribution is 2.40. The molecule has 0 radical (unpaired) electrons. The molecule has 1 N–H and O–H groups in total. The van der Waals surface area contributed by atoms with Crippen molar-refractivity contribution in [2.24, 2.45) is 5.41 Å². The van der Waals surface area contributed by atoms with Crippen molar-refractivity contribution in [3.05, 3.63) is 0 Å². The summed E-state index contributed by atoms with van der Waals surface area (Å²) < 4.78 is 36.2. The van der Waals surface area contributed by atoms with Gasteiger partial charge >= 0.3 is 12.1 Å². The summed E-state index contributed by atoms with van der Waals surface area (Å²) in [5.41, 5.74) is -1.80. The molecule has 0 aromatic heterocycles. The lowest BCUT2D eigenvalue weighted by molar-refractivity contribution is -0.165. The predicted molar refractivity (Wildman–Crippen MR) is 48.8 cm³/mol. The van der Waals surface area contributed by atoms with E-state index in [2.05, 4.69) is 0 Å². The number of alkyl halides is 3. The van der Waals surface area contributed by atoms with Crippen LogP contribution in [0.25, 0.3) is 0 Å². The second kappa shape index (κ2) is 4.43. The molecule has 1 unspecified atom stereocenters. The molecular formula is C10H13F3O3. The van der Waals surface area contributed by atoms with Crippen LogP contribution in [-0.2, 0) is 9.59 Å². The summed E-state index contributed by atoms with van der Waals surface area (Å²) in [6.07, 6.45) is -5.10. The predicted octanol–water partition coefficient (Wildman–Crippen LogP) is 2.54. The molecule has 1 atom stereocenters. The fraction of sp³-hybridized carbons (Fsp3) is 0.800. The Morgan fingerprint density at radius 2 is 2.00 bits per heavy atom. The van der Waals surface area contributed by atoms with Gasteiger partial charge < -0.3 is 5.11 Å². The van der Waals surface area contributed by atoms with Gasteiger partial charge in [0.2, 0.25) is 0 Å². The van der Waals surface area contributed by atoms with Gasteiger partial charge in [-0.15, -0.1) is 0 Å². The largest absolute Gasteiger partial charge is 0.480 e. The van der Waals surface area contributed by atoms with Gasteiger partial charge in [0, 0.05) is 12.8 Å². The standard InChI is InChI=1S/C10H13F3O3/c11-10(12,13)6-5-9(8(15)16)4-2-1-3-7(9)14/h1-6H2,(H,15,16). The number of aliphatic carboxylic acids is 1. The van der Waals surface area contributed by atoms with Crippen LogP contribution in [0.3, 0.4) is 0 Å². The lowest BCUT2D eigenvalue weighted by atomic mass is 9.70. The fourth-order valence-electron chi connectivity index (χ4n) is 2.04. The molecule has 0 bridgehead atoms. The SMILES string of the molecule is O=C(O)C1(CCC(F)(F)F)CCCCC1=O. The Bertz CT molecular complexity index is 298. The number of hydrogen-bond acceptors (Lipinski definition) is 2. The molecule has 0 aliphatic heterocycles. The average Bonchev–Trinajstić information content (AvgIpc) is 2.15. The van der Waals surface area contributed by atoms with Crippen LogP contribution < -0.4 is 0 Å². The van der Waals surface area contributed by atoms with Gasteiger partial charge in [-0.25, -0.2) is 0 Å². The summed E-state index contributed by atoms with van der Waals surface area (Å²) in [5.74, 6) is -1.98. The minimum absolute atomic E-state index is 0.0250. The fourth-order valence-corrected chi connectivity index (χ4v) is 2.04.